The number of hydrogen-bond acceptors (Lipinski definition) is 12. The summed E-state index contributed by atoms with van der Waals surface area (Å²) < 4.78 is 5.32. The maximum absolute atomic E-state index is 13.0. The van der Waals surface area contributed by atoms with Crippen LogP contribution >= 0.6 is 0 Å². The number of aromatic nitrogens is 6. The molecule has 3 aliphatic heterocycles. The Morgan fingerprint density at radius 3 is 2.29 bits per heavy atom. The number of pyridine rings is 2. The van der Waals surface area contributed by atoms with E-state index in [4.69, 9.17) is 9.51 Å². The molecule has 16 nitrogen and oxygen atoms in total. The number of hydrogen-bond donors (Lipinski definition) is 3. The summed E-state index contributed by atoms with van der Waals surface area (Å²) in [5, 5.41) is 17.9. The van der Waals surface area contributed by atoms with Gasteiger partial charge in [-0.2, -0.15) is 10.1 Å². The highest BCUT2D eigenvalue weighted by Crippen LogP contribution is 2.33. The molecule has 9 rings (SSSR count). The smallest absolute Gasteiger partial charge is 0.328 e. The molecule has 16 heteroatoms. The Bertz CT molecular complexity index is 2620. The number of anilines is 3. The van der Waals surface area contributed by atoms with E-state index in [0.29, 0.717) is 36.1 Å². The minimum Gasteiger partial charge on any atom is -0.369 e. The SMILES string of the molecule is Cc1cc(-c2[nH]nc3ncc(-c4ccc(N5CCN(CC6CCN(c7ccc(N8CCC(=O)NC8=O)cn7)CC6)CC5)cc4)cc23)ccc1[C@@H](C)NC(=O)c1noc(C(C)(C)C)n1. The van der Waals surface area contributed by atoms with Gasteiger partial charge in [0.05, 0.1) is 23.6 Å². The van der Waals surface area contributed by atoms with E-state index in [-0.39, 0.29) is 35.1 Å². The highest BCUT2D eigenvalue weighted by Gasteiger charge is 2.28. The first-order valence-electron chi connectivity index (χ1n) is 21.9. The van der Waals surface area contributed by atoms with Gasteiger partial charge >= 0.3 is 6.03 Å². The summed E-state index contributed by atoms with van der Waals surface area (Å²) >= 11 is 0. The predicted octanol–water partition coefficient (Wildman–Crippen LogP) is 6.65. The second-order valence-corrected chi connectivity index (χ2v) is 18.0. The number of piperazine rings is 1. The fourth-order valence-corrected chi connectivity index (χ4v) is 8.85. The lowest BCUT2D eigenvalue weighted by atomic mass is 9.96. The maximum Gasteiger partial charge on any atom is 0.328 e. The Labute approximate surface area is 366 Å². The highest BCUT2D eigenvalue weighted by atomic mass is 16.5. The van der Waals surface area contributed by atoms with Crippen LogP contribution in [0.5, 0.6) is 0 Å². The van der Waals surface area contributed by atoms with Crippen molar-refractivity contribution in [2.45, 2.75) is 65.3 Å². The molecule has 3 N–H and O–H groups in total. The third kappa shape index (κ3) is 8.98. The van der Waals surface area contributed by atoms with Crippen LogP contribution in [0.1, 0.15) is 80.6 Å². The average molecular weight is 851 g/mol. The number of fused-ring (bicyclic) bond motifs is 1. The van der Waals surface area contributed by atoms with Gasteiger partial charge in [-0.05, 0) is 85.7 Å². The number of nitrogens with one attached hydrogen (secondary N) is 3. The normalized spacial score (nSPS) is 17.3. The Hall–Kier alpha value is -6.68. The van der Waals surface area contributed by atoms with Crippen molar-refractivity contribution >= 4 is 46.1 Å². The molecule has 2 aromatic carbocycles. The van der Waals surface area contributed by atoms with E-state index in [0.717, 1.165) is 103 Å². The number of nitrogens with zero attached hydrogens (tertiary/aromatic N) is 9. The standard InChI is InChI=1S/C47H54N12O4/c1-29-24-33(8-12-37(29)30(2)50-44(61)43-52-45(63-55-43)47(3,4)5)41-38-25-34(26-49-42(38)54-53-41)32-6-9-35(10-7-32)57-22-20-56(21-23-57)28-31-14-17-58(18-15-31)39-13-11-36(27-48-39)59-19-16-40(60)51-46(59)62/h6-13,24-27,30-31H,14-23,28H2,1-5H3,(H,50,61)(H,49,53,54)(H,51,60,62)/t30-/m1/s1. The number of imide groups is 1. The third-order valence-electron chi connectivity index (χ3n) is 12.5. The topological polar surface area (TPSA) is 182 Å². The van der Waals surface area contributed by atoms with Gasteiger partial charge < -0.3 is 19.6 Å². The molecule has 6 aromatic rings. The summed E-state index contributed by atoms with van der Waals surface area (Å²) in [6.45, 7) is 17.3. The van der Waals surface area contributed by atoms with Crippen molar-refractivity contribution in [2.24, 2.45) is 5.92 Å². The summed E-state index contributed by atoms with van der Waals surface area (Å²) in [4.78, 5) is 59.4. The number of carbonyl (C=O) groups is 3. The molecule has 0 radical (unpaired) electrons. The fraction of sp³-hybridized carbons (Fsp3) is 0.404. The Balaban J connectivity index is 0.767. The van der Waals surface area contributed by atoms with Crippen LogP contribution in [-0.4, -0.2) is 105 Å². The minimum atomic E-state index is -0.390. The van der Waals surface area contributed by atoms with Crippen LogP contribution in [0.3, 0.4) is 0 Å². The summed E-state index contributed by atoms with van der Waals surface area (Å²) in [6.07, 6.45) is 6.16. The first-order chi connectivity index (χ1) is 30.4. The monoisotopic (exact) mass is 850 g/mol. The average Bonchev–Trinajstić information content (AvgIpc) is 3.96. The van der Waals surface area contributed by atoms with Crippen molar-refractivity contribution in [1.29, 1.82) is 0 Å². The maximum atomic E-state index is 13.0. The number of urea groups is 1. The Morgan fingerprint density at radius 2 is 1.60 bits per heavy atom. The van der Waals surface area contributed by atoms with Gasteiger partial charge in [0.15, 0.2) is 5.65 Å². The van der Waals surface area contributed by atoms with Crippen LogP contribution in [0.4, 0.5) is 22.0 Å². The van der Waals surface area contributed by atoms with E-state index < -0.39 is 0 Å². The second-order valence-electron chi connectivity index (χ2n) is 18.0. The van der Waals surface area contributed by atoms with Gasteiger partial charge in [0.1, 0.15) is 5.82 Å². The first-order valence-corrected chi connectivity index (χ1v) is 21.9. The first kappa shape index (κ1) is 41.7. The van der Waals surface area contributed by atoms with Gasteiger partial charge in [-0.25, -0.2) is 14.8 Å². The zero-order valence-electron chi connectivity index (χ0n) is 36.5. The summed E-state index contributed by atoms with van der Waals surface area (Å²) in [6, 6.07) is 20.4. The molecule has 4 aromatic heterocycles. The van der Waals surface area contributed by atoms with Crippen molar-refractivity contribution in [2.75, 3.05) is 67.1 Å². The number of H-pyrrole nitrogens is 1. The van der Waals surface area contributed by atoms with E-state index in [1.807, 2.05) is 65.1 Å². The molecule has 326 valence electrons. The molecule has 0 unspecified atom stereocenters. The lowest BCUT2D eigenvalue weighted by molar-refractivity contribution is -0.120. The van der Waals surface area contributed by atoms with Gasteiger partial charge in [0.2, 0.25) is 11.8 Å². The molecule has 1 atom stereocenters. The summed E-state index contributed by atoms with van der Waals surface area (Å²) in [5.74, 6) is 1.40. The number of piperidine rings is 1. The van der Waals surface area contributed by atoms with Crippen LogP contribution < -0.4 is 25.3 Å². The van der Waals surface area contributed by atoms with E-state index in [1.54, 1.807) is 11.1 Å². The van der Waals surface area contributed by atoms with E-state index in [9.17, 15) is 14.4 Å². The quantitative estimate of drug-likeness (QED) is 0.134. The van der Waals surface area contributed by atoms with Gasteiger partial charge in [0, 0.05) is 92.6 Å². The number of carbonyl (C=O) groups excluding carboxylic acids is 3. The number of rotatable bonds is 10. The Morgan fingerprint density at radius 1 is 0.857 bits per heavy atom. The fourth-order valence-electron chi connectivity index (χ4n) is 8.85. The van der Waals surface area contributed by atoms with Crippen LogP contribution in [-0.2, 0) is 10.2 Å². The molecule has 63 heavy (non-hydrogen) atoms. The molecule has 4 amide bonds. The van der Waals surface area contributed by atoms with Crippen LogP contribution in [0.15, 0.2) is 77.6 Å². The zero-order valence-corrected chi connectivity index (χ0v) is 36.5. The Kier molecular flexibility index (Phi) is 11.4. The molecule has 0 aliphatic carbocycles. The molecular weight excluding hydrogens is 797 g/mol. The summed E-state index contributed by atoms with van der Waals surface area (Å²) in [7, 11) is 0. The van der Waals surface area contributed by atoms with Crippen LogP contribution in [0.2, 0.25) is 0 Å². The third-order valence-corrected chi connectivity index (χ3v) is 12.5. The van der Waals surface area contributed by atoms with E-state index >= 15 is 0 Å². The minimum absolute atomic E-state index is 0.0232. The largest absolute Gasteiger partial charge is 0.369 e. The van der Waals surface area contributed by atoms with Gasteiger partial charge in [-0.1, -0.05) is 50.2 Å². The lowest BCUT2D eigenvalue weighted by Crippen LogP contribution is -2.49. The van der Waals surface area contributed by atoms with Crippen molar-refractivity contribution in [3.63, 3.8) is 0 Å². The van der Waals surface area contributed by atoms with E-state index in [1.165, 1.54) is 5.69 Å². The van der Waals surface area contributed by atoms with Crippen molar-refractivity contribution in [3.05, 3.63) is 95.9 Å². The van der Waals surface area contributed by atoms with Crippen LogP contribution in [0.25, 0.3) is 33.4 Å². The summed E-state index contributed by atoms with van der Waals surface area (Å²) in [5.41, 5.74) is 8.24. The number of aromatic amines is 1. The van der Waals surface area contributed by atoms with Crippen LogP contribution in [0, 0.1) is 12.8 Å². The molecule has 0 spiro atoms. The molecule has 7 heterocycles. The molecular formula is C47H54N12O4. The number of amides is 4. The lowest BCUT2D eigenvalue weighted by Gasteiger charge is -2.40. The second kappa shape index (κ2) is 17.2. The molecule has 3 aliphatic rings. The van der Waals surface area contributed by atoms with Gasteiger partial charge in [-0.3, -0.25) is 29.8 Å². The van der Waals surface area contributed by atoms with Gasteiger partial charge in [0.25, 0.3) is 11.7 Å². The number of aryl methyl sites for hydroxylation is 1. The highest BCUT2D eigenvalue weighted by molar-refractivity contribution is 6.05. The zero-order chi connectivity index (χ0) is 43.8. The van der Waals surface area contributed by atoms with Gasteiger partial charge in [-0.15, -0.1) is 0 Å². The van der Waals surface area contributed by atoms with Crippen molar-refractivity contribution in [1.82, 2.24) is 45.8 Å². The predicted molar refractivity (Wildman–Crippen MR) is 242 cm³/mol. The van der Waals surface area contributed by atoms with Crippen molar-refractivity contribution < 1.29 is 18.9 Å². The van der Waals surface area contributed by atoms with E-state index in [2.05, 4.69) is 87.1 Å². The number of benzene rings is 2. The molecule has 0 saturated carbocycles. The molecule has 3 fully saturated rings. The molecule has 0 bridgehead atoms. The molecule has 3 saturated heterocycles. The van der Waals surface area contributed by atoms with Crippen molar-refractivity contribution in [3.8, 4) is 22.4 Å².